The van der Waals surface area contributed by atoms with Crippen molar-refractivity contribution >= 4 is 33.5 Å². The van der Waals surface area contributed by atoms with E-state index in [-0.39, 0.29) is 11.9 Å². The van der Waals surface area contributed by atoms with Gasteiger partial charge in [0, 0.05) is 31.1 Å². The molecule has 0 spiro atoms. The minimum atomic E-state index is -3.83. The summed E-state index contributed by atoms with van der Waals surface area (Å²) in [6.07, 6.45) is 7.30. The van der Waals surface area contributed by atoms with E-state index >= 15 is 0 Å². The van der Waals surface area contributed by atoms with Gasteiger partial charge in [-0.15, -0.1) is 11.3 Å². The zero-order valence-corrected chi connectivity index (χ0v) is 18.1. The summed E-state index contributed by atoms with van der Waals surface area (Å²) >= 11 is 1.38. The second-order valence-electron chi connectivity index (χ2n) is 7.68. The molecule has 0 radical (unpaired) electrons. The van der Waals surface area contributed by atoms with Crippen LogP contribution in [-0.2, 0) is 10.2 Å². The maximum atomic E-state index is 12.5. The number of carbonyl (C=O) groups is 2. The van der Waals surface area contributed by atoms with Crippen LogP contribution >= 0.6 is 11.3 Å². The minimum Gasteiger partial charge on any atom is -0.351 e. The van der Waals surface area contributed by atoms with Crippen molar-refractivity contribution in [1.82, 2.24) is 24.6 Å². The monoisotopic (exact) mass is 443 g/mol. The summed E-state index contributed by atoms with van der Waals surface area (Å²) in [6, 6.07) is -0.576. The Balaban J connectivity index is 1.36. The van der Waals surface area contributed by atoms with E-state index in [0.29, 0.717) is 44.1 Å². The predicted molar refractivity (Wildman–Crippen MR) is 111 cm³/mol. The molecule has 1 aromatic heterocycles. The maximum absolute atomic E-state index is 12.5. The van der Waals surface area contributed by atoms with Crippen LogP contribution in [-0.4, -0.2) is 55.3 Å². The van der Waals surface area contributed by atoms with Gasteiger partial charge in [0.1, 0.15) is 5.69 Å². The highest BCUT2D eigenvalue weighted by molar-refractivity contribution is 7.87. The van der Waals surface area contributed by atoms with Gasteiger partial charge in [0.05, 0.1) is 5.51 Å². The molecule has 2 aliphatic rings. The van der Waals surface area contributed by atoms with Crippen molar-refractivity contribution in [2.45, 2.75) is 57.4 Å². The Labute approximate surface area is 175 Å². The summed E-state index contributed by atoms with van der Waals surface area (Å²) in [4.78, 5) is 27.9. The number of hydrogen-bond donors (Lipinski definition) is 3. The first-order chi connectivity index (χ1) is 13.9. The Bertz CT molecular complexity index is 770. The number of nitrogens with zero attached hydrogens (tertiary/aromatic N) is 2. The average molecular weight is 444 g/mol. The van der Waals surface area contributed by atoms with Gasteiger partial charge in [0.2, 0.25) is 0 Å². The molecule has 0 unspecified atom stereocenters. The van der Waals surface area contributed by atoms with Crippen LogP contribution in [0, 0.1) is 5.92 Å². The van der Waals surface area contributed by atoms with Crippen molar-refractivity contribution in [1.29, 1.82) is 0 Å². The van der Waals surface area contributed by atoms with Crippen LogP contribution in [0.2, 0.25) is 0 Å². The van der Waals surface area contributed by atoms with E-state index in [4.69, 9.17) is 0 Å². The quantitative estimate of drug-likeness (QED) is 0.594. The van der Waals surface area contributed by atoms with E-state index < -0.39 is 16.2 Å². The molecule has 9 nitrogen and oxygen atoms in total. The lowest BCUT2D eigenvalue weighted by Crippen LogP contribution is -2.51. The van der Waals surface area contributed by atoms with Crippen molar-refractivity contribution < 1.29 is 18.0 Å². The summed E-state index contributed by atoms with van der Waals surface area (Å²) in [5.41, 5.74) is 2.04. The van der Waals surface area contributed by atoms with Crippen molar-refractivity contribution in [2.24, 2.45) is 5.92 Å². The Kier molecular flexibility index (Phi) is 7.84. The number of thiazole rings is 1. The molecule has 0 bridgehead atoms. The second kappa shape index (κ2) is 10.4. The summed E-state index contributed by atoms with van der Waals surface area (Å²) in [5, 5.41) is 7.32. The highest BCUT2D eigenvalue weighted by Gasteiger charge is 2.29. The Morgan fingerprint density at radius 3 is 2.52 bits per heavy atom. The van der Waals surface area contributed by atoms with Crippen molar-refractivity contribution in [3.05, 3.63) is 16.6 Å². The summed E-state index contributed by atoms with van der Waals surface area (Å²) < 4.78 is 28.4. The SMILES string of the molecule is O=C(NC1CCCCC1)NS(=O)(=O)N1CCC(CCNC(=O)c2cscn2)CC1. The van der Waals surface area contributed by atoms with Crippen LogP contribution < -0.4 is 15.4 Å². The topological polar surface area (TPSA) is 121 Å². The standard InChI is InChI=1S/C18H29N5O4S2/c24-17(16-12-28-13-20-16)19-9-6-14-7-10-23(11-8-14)29(26,27)22-18(25)21-15-4-2-1-3-5-15/h12-15H,1-11H2,(H,19,24)(H2,21,22,25). The molecule has 1 saturated heterocycles. The number of nitrogens with one attached hydrogen (secondary N) is 3. The number of aromatic nitrogens is 1. The maximum Gasteiger partial charge on any atom is 0.329 e. The molecular formula is C18H29N5O4S2. The van der Waals surface area contributed by atoms with Crippen LogP contribution in [0.3, 0.4) is 0 Å². The molecule has 1 aromatic rings. The van der Waals surface area contributed by atoms with Gasteiger partial charge in [-0.3, -0.25) is 4.79 Å². The second-order valence-corrected chi connectivity index (χ2v) is 10.1. The molecule has 3 rings (SSSR count). The number of hydrogen-bond acceptors (Lipinski definition) is 6. The third-order valence-corrected chi connectivity index (χ3v) is 7.65. The Morgan fingerprint density at radius 2 is 1.86 bits per heavy atom. The summed E-state index contributed by atoms with van der Waals surface area (Å²) in [6.45, 7) is 1.28. The molecule has 0 atom stereocenters. The van der Waals surface area contributed by atoms with Gasteiger partial charge in [-0.05, 0) is 38.0 Å². The minimum absolute atomic E-state index is 0.0594. The van der Waals surface area contributed by atoms with Gasteiger partial charge in [-0.1, -0.05) is 19.3 Å². The molecule has 1 aliphatic carbocycles. The number of amides is 3. The third kappa shape index (κ3) is 6.65. The fourth-order valence-electron chi connectivity index (χ4n) is 3.89. The van der Waals surface area contributed by atoms with Gasteiger partial charge >= 0.3 is 16.2 Å². The van der Waals surface area contributed by atoms with E-state index in [1.165, 1.54) is 22.1 Å². The molecular weight excluding hydrogens is 414 g/mol. The van der Waals surface area contributed by atoms with Crippen molar-refractivity contribution in [2.75, 3.05) is 19.6 Å². The highest BCUT2D eigenvalue weighted by Crippen LogP contribution is 2.22. The lowest BCUT2D eigenvalue weighted by Gasteiger charge is -2.31. The lowest BCUT2D eigenvalue weighted by atomic mass is 9.95. The molecule has 2 heterocycles. The van der Waals surface area contributed by atoms with Crippen molar-refractivity contribution in [3.63, 3.8) is 0 Å². The smallest absolute Gasteiger partial charge is 0.329 e. The predicted octanol–water partition coefficient (Wildman–Crippen LogP) is 1.85. The van der Waals surface area contributed by atoms with Crippen LogP contribution in [0.1, 0.15) is 61.9 Å². The number of urea groups is 1. The molecule has 1 saturated carbocycles. The van der Waals surface area contributed by atoms with E-state index in [1.807, 2.05) is 0 Å². The first-order valence-corrected chi connectivity index (χ1v) is 12.6. The zero-order valence-electron chi connectivity index (χ0n) is 16.4. The van der Waals surface area contributed by atoms with E-state index in [2.05, 4.69) is 20.3 Å². The normalized spacial score (nSPS) is 19.6. The van der Waals surface area contributed by atoms with Gasteiger partial charge in [-0.25, -0.2) is 14.5 Å². The van der Waals surface area contributed by atoms with Gasteiger partial charge in [0.15, 0.2) is 0 Å². The van der Waals surface area contributed by atoms with Gasteiger partial charge in [0.25, 0.3) is 5.91 Å². The Morgan fingerprint density at radius 1 is 1.14 bits per heavy atom. The van der Waals surface area contributed by atoms with Crippen LogP contribution in [0.4, 0.5) is 4.79 Å². The van der Waals surface area contributed by atoms with E-state index in [9.17, 15) is 18.0 Å². The van der Waals surface area contributed by atoms with E-state index in [1.54, 1.807) is 10.9 Å². The van der Waals surface area contributed by atoms with Gasteiger partial charge in [-0.2, -0.15) is 12.7 Å². The molecule has 162 valence electrons. The molecule has 2 fully saturated rings. The van der Waals surface area contributed by atoms with Crippen LogP contribution in [0.25, 0.3) is 0 Å². The fourth-order valence-corrected chi connectivity index (χ4v) is 5.53. The summed E-state index contributed by atoms with van der Waals surface area (Å²) in [7, 11) is -3.83. The average Bonchev–Trinajstić information content (AvgIpc) is 3.23. The molecule has 1 aliphatic heterocycles. The lowest BCUT2D eigenvalue weighted by molar-refractivity contribution is 0.0945. The number of piperidine rings is 1. The first-order valence-electron chi connectivity index (χ1n) is 10.2. The zero-order chi connectivity index (χ0) is 20.7. The molecule has 0 aromatic carbocycles. The Hall–Kier alpha value is -1.72. The van der Waals surface area contributed by atoms with Crippen molar-refractivity contribution in [3.8, 4) is 0 Å². The van der Waals surface area contributed by atoms with Crippen LogP contribution in [0.5, 0.6) is 0 Å². The highest BCUT2D eigenvalue weighted by atomic mass is 32.2. The summed E-state index contributed by atoms with van der Waals surface area (Å²) in [5.74, 6) is 0.160. The molecule has 11 heteroatoms. The van der Waals surface area contributed by atoms with E-state index in [0.717, 1.165) is 32.1 Å². The number of carbonyl (C=O) groups excluding carboxylic acids is 2. The van der Waals surface area contributed by atoms with Crippen LogP contribution in [0.15, 0.2) is 10.9 Å². The first kappa shape index (κ1) is 22.0. The molecule has 29 heavy (non-hydrogen) atoms. The molecule has 3 amide bonds. The van der Waals surface area contributed by atoms with Gasteiger partial charge < -0.3 is 10.6 Å². The largest absolute Gasteiger partial charge is 0.351 e. The molecule has 3 N–H and O–H groups in total. The number of rotatable bonds is 7. The third-order valence-electron chi connectivity index (χ3n) is 5.58. The fraction of sp³-hybridized carbons (Fsp3) is 0.722.